The van der Waals surface area contributed by atoms with Gasteiger partial charge in [-0.2, -0.15) is 0 Å². The van der Waals surface area contributed by atoms with E-state index in [-0.39, 0.29) is 0 Å². The predicted octanol–water partition coefficient (Wildman–Crippen LogP) is 3.84. The zero-order valence-corrected chi connectivity index (χ0v) is 8.90. The minimum absolute atomic E-state index is 1.15. The van der Waals surface area contributed by atoms with Crippen molar-refractivity contribution in [3.63, 3.8) is 0 Å². The molecule has 2 rings (SSSR count). The predicted molar refractivity (Wildman–Crippen MR) is 61.9 cm³/mol. The largest absolute Gasteiger partial charge is 0.264 e. The van der Waals surface area contributed by atoms with Crippen LogP contribution in [0.1, 0.15) is 32.3 Å². The minimum atomic E-state index is 1.15. The van der Waals surface area contributed by atoms with E-state index < -0.39 is 0 Å². The van der Waals surface area contributed by atoms with Gasteiger partial charge in [0.1, 0.15) is 0 Å². The molecule has 0 fully saturated rings. The summed E-state index contributed by atoms with van der Waals surface area (Å²) in [6.45, 7) is 4.00. The third-order valence-electron chi connectivity index (χ3n) is 1.99. The van der Waals surface area contributed by atoms with Crippen LogP contribution in [0.3, 0.4) is 0 Å². The Bertz CT molecular complexity index is 309. The van der Waals surface area contributed by atoms with E-state index in [1.54, 1.807) is 6.20 Å². The summed E-state index contributed by atoms with van der Waals surface area (Å²) in [5.74, 6) is 0. The molecule has 0 spiro atoms. The average molecular weight is 187 g/mol. The van der Waals surface area contributed by atoms with Gasteiger partial charge in [0.05, 0.1) is 0 Å². The molecule has 1 aromatic rings. The Morgan fingerprint density at radius 3 is 2.64 bits per heavy atom. The molecule has 1 aliphatic rings. The number of pyridine rings is 1. The third-order valence-corrected chi connectivity index (χ3v) is 1.99. The van der Waals surface area contributed by atoms with Gasteiger partial charge in [0.15, 0.2) is 0 Å². The van der Waals surface area contributed by atoms with Crippen LogP contribution >= 0.6 is 0 Å². The van der Waals surface area contributed by atoms with Crippen LogP contribution in [-0.2, 0) is 0 Å². The molecule has 14 heavy (non-hydrogen) atoms. The molecule has 1 heteroatoms. The fourth-order valence-corrected chi connectivity index (χ4v) is 1.36. The van der Waals surface area contributed by atoms with Crippen LogP contribution in [0.5, 0.6) is 0 Å². The van der Waals surface area contributed by atoms with Crippen LogP contribution in [0.15, 0.2) is 42.8 Å². The summed E-state index contributed by atoms with van der Waals surface area (Å²) < 4.78 is 0. The van der Waals surface area contributed by atoms with E-state index in [4.69, 9.17) is 0 Å². The lowest BCUT2D eigenvalue weighted by Gasteiger charge is -2.05. The Labute approximate surface area is 86.2 Å². The van der Waals surface area contributed by atoms with Gasteiger partial charge in [-0.3, -0.25) is 4.98 Å². The quantitative estimate of drug-likeness (QED) is 0.651. The van der Waals surface area contributed by atoms with Gasteiger partial charge in [0.25, 0.3) is 0 Å². The van der Waals surface area contributed by atoms with Crippen molar-refractivity contribution in [1.82, 2.24) is 4.98 Å². The highest BCUT2D eigenvalue weighted by atomic mass is 14.6. The molecule has 0 aromatic carbocycles. The molecule has 0 saturated carbocycles. The summed E-state index contributed by atoms with van der Waals surface area (Å²) in [5.41, 5.74) is 2.52. The van der Waals surface area contributed by atoms with Gasteiger partial charge in [-0.15, -0.1) is 0 Å². The molecule has 1 nitrogen and oxygen atoms in total. The molecule has 0 N–H and O–H groups in total. The zero-order chi connectivity index (χ0) is 10.2. The molecule has 0 radical (unpaired) electrons. The van der Waals surface area contributed by atoms with Gasteiger partial charge in [-0.1, -0.05) is 38.1 Å². The van der Waals surface area contributed by atoms with Crippen LogP contribution < -0.4 is 0 Å². The summed E-state index contributed by atoms with van der Waals surface area (Å²) in [5, 5.41) is 0. The Balaban J connectivity index is 0.000000461. The molecule has 0 unspecified atom stereocenters. The molecule has 1 heterocycles. The lowest BCUT2D eigenvalue weighted by Crippen LogP contribution is -1.85. The molecule has 1 aliphatic carbocycles. The van der Waals surface area contributed by atoms with E-state index in [9.17, 15) is 0 Å². The third kappa shape index (κ3) is 2.84. The maximum Gasteiger partial charge on any atom is 0.0346 e. The maximum atomic E-state index is 4.09. The first-order valence-corrected chi connectivity index (χ1v) is 5.24. The van der Waals surface area contributed by atoms with Crippen molar-refractivity contribution in [2.45, 2.75) is 26.7 Å². The molecule has 0 saturated heterocycles. The topological polar surface area (TPSA) is 12.9 Å². The lowest BCUT2D eigenvalue weighted by molar-refractivity contribution is 1.04. The van der Waals surface area contributed by atoms with E-state index in [0.29, 0.717) is 0 Å². The van der Waals surface area contributed by atoms with Crippen molar-refractivity contribution in [3.8, 4) is 0 Å². The smallest absolute Gasteiger partial charge is 0.0346 e. The number of hydrogen-bond donors (Lipinski definition) is 0. The highest BCUT2D eigenvalue weighted by Crippen LogP contribution is 2.19. The van der Waals surface area contributed by atoms with E-state index in [2.05, 4.69) is 29.3 Å². The molecule has 0 aliphatic heterocycles. The van der Waals surface area contributed by atoms with Crippen molar-refractivity contribution in [1.29, 1.82) is 0 Å². The van der Waals surface area contributed by atoms with E-state index in [0.717, 1.165) is 6.42 Å². The highest BCUT2D eigenvalue weighted by Gasteiger charge is 1.99. The van der Waals surface area contributed by atoms with Crippen molar-refractivity contribution < 1.29 is 0 Å². The number of nitrogens with zero attached hydrogens (tertiary/aromatic N) is 1. The normalized spacial score (nSPS) is 14.0. The van der Waals surface area contributed by atoms with Gasteiger partial charge < -0.3 is 0 Å². The van der Waals surface area contributed by atoms with Crippen LogP contribution in [-0.4, -0.2) is 4.98 Å². The SMILES string of the molecule is C1=CC(c2cccnc2)=CCC1.CC. The molecule has 0 bridgehead atoms. The van der Waals surface area contributed by atoms with Crippen LogP contribution in [0, 0.1) is 0 Å². The van der Waals surface area contributed by atoms with Crippen molar-refractivity contribution in [3.05, 3.63) is 48.3 Å². The van der Waals surface area contributed by atoms with Crippen LogP contribution in [0.2, 0.25) is 0 Å². The van der Waals surface area contributed by atoms with Crippen molar-refractivity contribution in [2.75, 3.05) is 0 Å². The molecular formula is C13H17N. The summed E-state index contributed by atoms with van der Waals surface area (Å²) in [6, 6.07) is 4.06. The van der Waals surface area contributed by atoms with Crippen LogP contribution in [0.4, 0.5) is 0 Å². The van der Waals surface area contributed by atoms with E-state index in [1.165, 1.54) is 17.6 Å². The molecule has 74 valence electrons. The van der Waals surface area contributed by atoms with Crippen molar-refractivity contribution >= 4 is 5.57 Å². The van der Waals surface area contributed by atoms with Crippen LogP contribution in [0.25, 0.3) is 5.57 Å². The number of allylic oxidation sites excluding steroid dienone is 4. The van der Waals surface area contributed by atoms with Crippen molar-refractivity contribution in [2.24, 2.45) is 0 Å². The number of hydrogen-bond acceptors (Lipinski definition) is 1. The van der Waals surface area contributed by atoms with Gasteiger partial charge in [0, 0.05) is 12.4 Å². The molecule has 0 atom stereocenters. The first-order valence-electron chi connectivity index (χ1n) is 5.24. The van der Waals surface area contributed by atoms with Gasteiger partial charge in [-0.25, -0.2) is 0 Å². The van der Waals surface area contributed by atoms with E-state index in [1.807, 2.05) is 26.1 Å². The number of rotatable bonds is 1. The summed E-state index contributed by atoms with van der Waals surface area (Å²) in [4.78, 5) is 4.09. The lowest BCUT2D eigenvalue weighted by atomic mass is 10.0. The highest BCUT2D eigenvalue weighted by molar-refractivity contribution is 5.74. The van der Waals surface area contributed by atoms with Gasteiger partial charge in [0.2, 0.25) is 0 Å². The average Bonchev–Trinajstić information content (AvgIpc) is 2.34. The zero-order valence-electron chi connectivity index (χ0n) is 8.90. The molecule has 0 amide bonds. The Kier molecular flexibility index (Phi) is 4.70. The van der Waals surface area contributed by atoms with Gasteiger partial charge in [-0.05, 0) is 30.0 Å². The summed E-state index contributed by atoms with van der Waals surface area (Å²) >= 11 is 0. The standard InChI is InChI=1S/C11H11N.C2H6/c1-2-5-10(6-3-1)11-7-4-8-12-9-11;1-2/h2,4-9H,1,3H2;1-2H3. The summed E-state index contributed by atoms with van der Waals surface area (Å²) in [7, 11) is 0. The maximum absolute atomic E-state index is 4.09. The first-order chi connectivity index (χ1) is 6.97. The number of aromatic nitrogens is 1. The second-order valence-corrected chi connectivity index (χ2v) is 2.88. The second kappa shape index (κ2) is 6.14. The second-order valence-electron chi connectivity index (χ2n) is 2.88. The fourth-order valence-electron chi connectivity index (χ4n) is 1.36. The molecule has 1 aromatic heterocycles. The Hall–Kier alpha value is -1.37. The molecular weight excluding hydrogens is 170 g/mol. The Morgan fingerprint density at radius 1 is 1.21 bits per heavy atom. The first kappa shape index (κ1) is 10.7. The van der Waals surface area contributed by atoms with E-state index >= 15 is 0 Å². The monoisotopic (exact) mass is 187 g/mol. The summed E-state index contributed by atoms with van der Waals surface area (Å²) in [6.07, 6.45) is 12.7. The van der Waals surface area contributed by atoms with Gasteiger partial charge >= 0.3 is 0 Å². The Morgan fingerprint density at radius 2 is 2.07 bits per heavy atom. The fraction of sp³-hybridized carbons (Fsp3) is 0.308. The minimum Gasteiger partial charge on any atom is -0.264 e.